The van der Waals surface area contributed by atoms with Crippen molar-refractivity contribution in [2.75, 3.05) is 5.32 Å². The summed E-state index contributed by atoms with van der Waals surface area (Å²) in [6.07, 6.45) is 0.644. The molecule has 0 heterocycles. The van der Waals surface area contributed by atoms with Crippen LogP contribution in [0.1, 0.15) is 12.0 Å². The van der Waals surface area contributed by atoms with E-state index in [1.54, 1.807) is 12.1 Å². The number of anilines is 1. The van der Waals surface area contributed by atoms with E-state index in [0.29, 0.717) is 12.1 Å². The summed E-state index contributed by atoms with van der Waals surface area (Å²) < 4.78 is 41.2. The summed E-state index contributed by atoms with van der Waals surface area (Å²) in [5.74, 6) is -0.766. The number of benzene rings is 2. The van der Waals surface area contributed by atoms with Gasteiger partial charge in [-0.05, 0) is 42.3 Å². The third-order valence-corrected chi connectivity index (χ3v) is 3.28. The molecule has 0 unspecified atom stereocenters. The fraction of sp³-hybridized carbons (Fsp3) is 0.188. The molecule has 3 nitrogen and oxygen atoms in total. The highest BCUT2D eigenvalue weighted by atomic mass is 35.5. The Labute approximate surface area is 136 Å². The number of ether oxygens (including phenoxy) is 1. The molecule has 0 aliphatic rings. The predicted molar refractivity (Wildman–Crippen MR) is 81.4 cm³/mol. The average molecular weight is 344 g/mol. The smallest absolute Gasteiger partial charge is 0.387 e. The second-order valence-electron chi connectivity index (χ2n) is 4.70. The van der Waals surface area contributed by atoms with Gasteiger partial charge in [0.2, 0.25) is 5.91 Å². The zero-order valence-corrected chi connectivity index (χ0v) is 12.6. The Morgan fingerprint density at radius 1 is 1.17 bits per heavy atom. The van der Waals surface area contributed by atoms with Crippen LogP contribution in [0.3, 0.4) is 0 Å². The number of rotatable bonds is 6. The molecule has 0 aliphatic carbocycles. The van der Waals surface area contributed by atoms with Crippen molar-refractivity contribution in [3.8, 4) is 5.75 Å². The number of alkyl halides is 2. The van der Waals surface area contributed by atoms with Gasteiger partial charge >= 0.3 is 6.61 Å². The SMILES string of the molecule is O=C(CCc1ccc(F)cc1)Nc1ccc(OC(F)F)c(Cl)c1. The lowest BCUT2D eigenvalue weighted by Crippen LogP contribution is -2.12. The predicted octanol–water partition coefficient (Wildman–Crippen LogP) is 4.65. The van der Waals surface area contributed by atoms with Gasteiger partial charge in [0.05, 0.1) is 5.02 Å². The van der Waals surface area contributed by atoms with Crippen LogP contribution in [0.4, 0.5) is 18.9 Å². The minimum Gasteiger partial charge on any atom is -0.433 e. The molecule has 0 bridgehead atoms. The quantitative estimate of drug-likeness (QED) is 0.829. The van der Waals surface area contributed by atoms with Crippen molar-refractivity contribution in [1.82, 2.24) is 0 Å². The second kappa shape index (κ2) is 7.87. The van der Waals surface area contributed by atoms with Gasteiger partial charge in [0, 0.05) is 12.1 Å². The van der Waals surface area contributed by atoms with E-state index in [-0.39, 0.29) is 28.9 Å². The van der Waals surface area contributed by atoms with Gasteiger partial charge < -0.3 is 10.1 Å². The zero-order valence-electron chi connectivity index (χ0n) is 11.9. The summed E-state index contributed by atoms with van der Waals surface area (Å²) in [6, 6.07) is 9.87. The molecular weight excluding hydrogens is 331 g/mol. The van der Waals surface area contributed by atoms with Crippen LogP contribution in [0, 0.1) is 5.82 Å². The normalized spacial score (nSPS) is 10.7. The summed E-state index contributed by atoms with van der Waals surface area (Å²) in [5.41, 5.74) is 1.21. The van der Waals surface area contributed by atoms with Crippen LogP contribution in [0.5, 0.6) is 5.75 Å². The number of carbonyl (C=O) groups excluding carboxylic acids is 1. The van der Waals surface area contributed by atoms with Crippen LogP contribution >= 0.6 is 11.6 Å². The van der Waals surface area contributed by atoms with Crippen molar-refractivity contribution in [2.24, 2.45) is 0 Å². The standard InChI is InChI=1S/C16H13ClF3NO2/c17-13-9-12(6-7-14(13)23-16(19)20)21-15(22)8-3-10-1-4-11(18)5-2-10/h1-2,4-7,9,16H,3,8H2,(H,21,22). The average Bonchev–Trinajstić information content (AvgIpc) is 2.49. The molecule has 0 spiro atoms. The van der Waals surface area contributed by atoms with Gasteiger partial charge in [-0.2, -0.15) is 8.78 Å². The topological polar surface area (TPSA) is 38.3 Å². The molecule has 0 aliphatic heterocycles. The summed E-state index contributed by atoms with van der Waals surface area (Å²) in [4.78, 5) is 11.8. The minimum atomic E-state index is -2.97. The summed E-state index contributed by atoms with van der Waals surface area (Å²) in [7, 11) is 0. The fourth-order valence-corrected chi connectivity index (χ4v) is 2.13. The van der Waals surface area contributed by atoms with Crippen molar-refractivity contribution >= 4 is 23.2 Å². The molecule has 7 heteroatoms. The summed E-state index contributed by atoms with van der Waals surface area (Å²) in [6.45, 7) is -2.97. The lowest BCUT2D eigenvalue weighted by molar-refractivity contribution is -0.116. The molecule has 2 rings (SSSR count). The van der Waals surface area contributed by atoms with Crippen LogP contribution in [-0.4, -0.2) is 12.5 Å². The Balaban J connectivity index is 1.89. The zero-order chi connectivity index (χ0) is 16.8. The van der Waals surface area contributed by atoms with Crippen LogP contribution in [-0.2, 0) is 11.2 Å². The van der Waals surface area contributed by atoms with Crippen molar-refractivity contribution < 1.29 is 22.7 Å². The van der Waals surface area contributed by atoms with E-state index >= 15 is 0 Å². The van der Waals surface area contributed by atoms with E-state index in [2.05, 4.69) is 10.1 Å². The van der Waals surface area contributed by atoms with Gasteiger partial charge in [-0.15, -0.1) is 0 Å². The number of nitrogens with one attached hydrogen (secondary N) is 1. The third kappa shape index (κ3) is 5.49. The highest BCUT2D eigenvalue weighted by Gasteiger charge is 2.10. The Morgan fingerprint density at radius 3 is 2.48 bits per heavy atom. The van der Waals surface area contributed by atoms with E-state index in [1.807, 2.05) is 0 Å². The molecule has 0 radical (unpaired) electrons. The van der Waals surface area contributed by atoms with Crippen molar-refractivity contribution in [3.63, 3.8) is 0 Å². The second-order valence-corrected chi connectivity index (χ2v) is 5.11. The maximum absolute atomic E-state index is 12.8. The van der Waals surface area contributed by atoms with E-state index in [9.17, 15) is 18.0 Å². The lowest BCUT2D eigenvalue weighted by Gasteiger charge is -2.09. The van der Waals surface area contributed by atoms with Crippen molar-refractivity contribution in [3.05, 3.63) is 58.9 Å². The van der Waals surface area contributed by atoms with Crippen LogP contribution < -0.4 is 10.1 Å². The molecule has 1 amide bonds. The number of hydrogen-bond donors (Lipinski definition) is 1. The first kappa shape index (κ1) is 17.1. The first-order valence-corrected chi connectivity index (χ1v) is 7.10. The number of carbonyl (C=O) groups is 1. The molecule has 122 valence electrons. The van der Waals surface area contributed by atoms with Crippen LogP contribution in [0.15, 0.2) is 42.5 Å². The van der Waals surface area contributed by atoms with Gasteiger partial charge in [-0.3, -0.25) is 4.79 Å². The van der Waals surface area contributed by atoms with E-state index < -0.39 is 6.61 Å². The van der Waals surface area contributed by atoms with Gasteiger partial charge in [-0.25, -0.2) is 4.39 Å². The van der Waals surface area contributed by atoms with Crippen LogP contribution in [0.2, 0.25) is 5.02 Å². The number of hydrogen-bond acceptors (Lipinski definition) is 2. The van der Waals surface area contributed by atoms with Crippen molar-refractivity contribution in [1.29, 1.82) is 0 Å². The maximum atomic E-state index is 12.8. The van der Waals surface area contributed by atoms with Crippen molar-refractivity contribution in [2.45, 2.75) is 19.5 Å². The molecule has 0 saturated heterocycles. The fourth-order valence-electron chi connectivity index (χ4n) is 1.90. The number of halogens is 4. The van der Waals surface area contributed by atoms with Gasteiger partial charge in [0.1, 0.15) is 11.6 Å². The first-order chi connectivity index (χ1) is 10.9. The molecule has 2 aromatic rings. The highest BCUT2D eigenvalue weighted by Crippen LogP contribution is 2.29. The van der Waals surface area contributed by atoms with E-state index in [1.165, 1.54) is 30.3 Å². The first-order valence-electron chi connectivity index (χ1n) is 6.72. The number of amides is 1. The van der Waals surface area contributed by atoms with E-state index in [0.717, 1.165) is 5.56 Å². The Bertz CT molecular complexity index is 678. The monoisotopic (exact) mass is 343 g/mol. The molecule has 0 aromatic heterocycles. The highest BCUT2D eigenvalue weighted by molar-refractivity contribution is 6.32. The molecular formula is C16H13ClF3NO2. The lowest BCUT2D eigenvalue weighted by atomic mass is 10.1. The Hall–Kier alpha value is -2.21. The van der Waals surface area contributed by atoms with Gasteiger partial charge in [0.25, 0.3) is 0 Å². The molecule has 2 aromatic carbocycles. The van der Waals surface area contributed by atoms with Gasteiger partial charge in [-0.1, -0.05) is 23.7 Å². The maximum Gasteiger partial charge on any atom is 0.387 e. The van der Waals surface area contributed by atoms with E-state index in [4.69, 9.17) is 11.6 Å². The Morgan fingerprint density at radius 2 is 1.87 bits per heavy atom. The van der Waals surface area contributed by atoms with Crippen LogP contribution in [0.25, 0.3) is 0 Å². The molecule has 0 fully saturated rings. The Kier molecular flexibility index (Phi) is 5.87. The van der Waals surface area contributed by atoms with Gasteiger partial charge in [0.15, 0.2) is 0 Å². The summed E-state index contributed by atoms with van der Waals surface area (Å²) in [5, 5.41) is 2.58. The molecule has 0 saturated carbocycles. The molecule has 23 heavy (non-hydrogen) atoms. The number of aryl methyl sites for hydroxylation is 1. The summed E-state index contributed by atoms with van der Waals surface area (Å²) >= 11 is 5.80. The largest absolute Gasteiger partial charge is 0.433 e. The third-order valence-electron chi connectivity index (χ3n) is 2.99. The minimum absolute atomic E-state index is 0.0263. The molecule has 0 atom stereocenters. The molecule has 1 N–H and O–H groups in total.